The molecule has 36 heavy (non-hydrogen) atoms. The topological polar surface area (TPSA) is 170 Å². The molecule has 1 spiro atoms. The smallest absolute Gasteiger partial charge is 0.340 e. The van der Waals surface area contributed by atoms with E-state index in [1.807, 2.05) is 0 Å². The third-order valence-corrected chi connectivity index (χ3v) is 11.4. The molecule has 10 heteroatoms. The molecule has 4 saturated carbocycles. The molecule has 1 aromatic heterocycles. The van der Waals surface area contributed by atoms with Gasteiger partial charge in [-0.05, 0) is 43.7 Å². The molecule has 4 aliphatic carbocycles. The molecular formula is C26H35NO9. The Morgan fingerprint density at radius 3 is 2.44 bits per heavy atom. The number of nitrogens with zero attached hydrogens (tertiary/aromatic N) is 1. The minimum Gasteiger partial charge on any atom is -0.452 e. The zero-order chi connectivity index (χ0) is 26.5. The molecule has 6 aliphatic rings. The summed E-state index contributed by atoms with van der Waals surface area (Å²) in [5.74, 6) is -4.39. The van der Waals surface area contributed by atoms with Crippen LogP contribution < -0.4 is 0 Å². The Bertz CT molecular complexity index is 1170. The molecule has 0 aromatic carbocycles. The number of aliphatic hydroxyl groups excluding tert-OH is 1. The molecule has 7 rings (SSSR count). The maximum atomic E-state index is 13.3. The lowest BCUT2D eigenvalue weighted by Gasteiger charge is -2.60. The predicted molar refractivity (Wildman–Crippen MR) is 122 cm³/mol. The standard InChI is InChI=1S/C26H35NO9/c1-13(2)23(32)18(35-17(29)15-7-6-10-27-11-15)24(33)19(4)12-22(31)20(23,5)26(24,34)25(36-22)16(28)14(3)8-9-21(19,25)30/h6-7,10-11,13-14,16,18,28,30-34H,8-9,12H2,1-5H3/t14-,16+,18+,19-,20-,21-,22+,23+,24+,25?,26+/m0/s1. The van der Waals surface area contributed by atoms with Crippen LogP contribution in [0.2, 0.25) is 0 Å². The molecule has 2 saturated heterocycles. The first-order chi connectivity index (χ1) is 16.5. The molecule has 6 fully saturated rings. The van der Waals surface area contributed by atoms with Gasteiger partial charge in [0.2, 0.25) is 0 Å². The lowest BCUT2D eigenvalue weighted by Crippen LogP contribution is -2.75. The van der Waals surface area contributed by atoms with Crippen LogP contribution in [0.25, 0.3) is 0 Å². The summed E-state index contributed by atoms with van der Waals surface area (Å²) < 4.78 is 12.1. The highest BCUT2D eigenvalue weighted by Gasteiger charge is 3.10. The van der Waals surface area contributed by atoms with E-state index < -0.39 is 74.6 Å². The van der Waals surface area contributed by atoms with Gasteiger partial charge in [-0.3, -0.25) is 4.98 Å². The van der Waals surface area contributed by atoms with E-state index in [2.05, 4.69) is 4.98 Å². The molecule has 0 amide bonds. The summed E-state index contributed by atoms with van der Waals surface area (Å²) in [7, 11) is 0. The third kappa shape index (κ3) is 1.81. The number of carbonyl (C=O) groups is 1. The Balaban J connectivity index is 1.67. The number of esters is 1. The van der Waals surface area contributed by atoms with Gasteiger partial charge in [0, 0.05) is 24.2 Å². The number of aliphatic hydroxyl groups is 6. The molecule has 1 aromatic rings. The third-order valence-electron chi connectivity index (χ3n) is 11.4. The fourth-order valence-electron chi connectivity index (χ4n) is 9.59. The highest BCUT2D eigenvalue weighted by atomic mass is 16.7. The minimum absolute atomic E-state index is 0.0574. The first-order valence-corrected chi connectivity index (χ1v) is 12.6. The van der Waals surface area contributed by atoms with Crippen LogP contribution in [0.1, 0.15) is 64.2 Å². The summed E-state index contributed by atoms with van der Waals surface area (Å²) in [6.07, 6.45) is -0.455. The van der Waals surface area contributed by atoms with Crippen LogP contribution in [-0.4, -0.2) is 87.6 Å². The van der Waals surface area contributed by atoms with Gasteiger partial charge in [0.1, 0.15) is 22.4 Å². The first kappa shape index (κ1) is 24.7. The Labute approximate surface area is 208 Å². The number of pyridine rings is 1. The average molecular weight is 506 g/mol. The quantitative estimate of drug-likeness (QED) is 0.304. The number of hydrogen-bond donors (Lipinski definition) is 6. The molecule has 6 bridgehead atoms. The van der Waals surface area contributed by atoms with Gasteiger partial charge < -0.3 is 40.1 Å². The number of aromatic nitrogens is 1. The second-order valence-electron chi connectivity index (χ2n) is 12.6. The van der Waals surface area contributed by atoms with Crippen molar-refractivity contribution >= 4 is 5.97 Å². The summed E-state index contributed by atoms with van der Waals surface area (Å²) in [5, 5.41) is 74.1. The number of carbonyl (C=O) groups excluding carboxylic acids is 1. The summed E-state index contributed by atoms with van der Waals surface area (Å²) in [6.45, 7) is 7.89. The molecule has 1 unspecified atom stereocenters. The van der Waals surface area contributed by atoms with Crippen molar-refractivity contribution in [3.8, 4) is 0 Å². The van der Waals surface area contributed by atoms with Gasteiger partial charge >= 0.3 is 5.97 Å². The number of hydrogen-bond acceptors (Lipinski definition) is 10. The summed E-state index contributed by atoms with van der Waals surface area (Å²) in [5.41, 5.74) is -15.3. The molecular weight excluding hydrogens is 470 g/mol. The minimum atomic E-state index is -2.60. The van der Waals surface area contributed by atoms with Crippen molar-refractivity contribution in [2.24, 2.45) is 22.7 Å². The van der Waals surface area contributed by atoms with E-state index in [0.29, 0.717) is 6.42 Å². The lowest BCUT2D eigenvalue weighted by atomic mass is 9.52. The Kier molecular flexibility index (Phi) is 4.32. The van der Waals surface area contributed by atoms with E-state index in [9.17, 15) is 35.4 Å². The summed E-state index contributed by atoms with van der Waals surface area (Å²) >= 11 is 0. The van der Waals surface area contributed by atoms with Crippen LogP contribution in [0.4, 0.5) is 0 Å². The van der Waals surface area contributed by atoms with E-state index in [1.165, 1.54) is 38.4 Å². The number of rotatable bonds is 3. The van der Waals surface area contributed by atoms with Gasteiger partial charge in [0.15, 0.2) is 17.5 Å². The zero-order valence-electron chi connectivity index (χ0n) is 21.1. The van der Waals surface area contributed by atoms with E-state index in [1.54, 1.807) is 20.8 Å². The Morgan fingerprint density at radius 2 is 1.86 bits per heavy atom. The predicted octanol–water partition coefficient (Wildman–Crippen LogP) is -0.121. The van der Waals surface area contributed by atoms with E-state index >= 15 is 0 Å². The van der Waals surface area contributed by atoms with Crippen LogP contribution in [0.3, 0.4) is 0 Å². The van der Waals surface area contributed by atoms with Crippen molar-refractivity contribution in [2.75, 3.05) is 0 Å². The van der Waals surface area contributed by atoms with Gasteiger partial charge in [-0.1, -0.05) is 27.7 Å². The van der Waals surface area contributed by atoms with E-state index in [4.69, 9.17) is 9.47 Å². The maximum Gasteiger partial charge on any atom is 0.340 e. The van der Waals surface area contributed by atoms with Gasteiger partial charge in [0.25, 0.3) is 0 Å². The van der Waals surface area contributed by atoms with Gasteiger partial charge in [0.05, 0.1) is 17.1 Å². The largest absolute Gasteiger partial charge is 0.452 e. The zero-order valence-corrected chi connectivity index (χ0v) is 21.1. The summed E-state index contributed by atoms with van der Waals surface area (Å²) in [6, 6.07) is 3.00. The SMILES string of the molecule is CC(C)[C@@]1(O)[C@@H](OC(=O)c2cccnc2)[C@@]2(O)[C@@]3(C)C[C@@]4(O)OC5([C@H](O)[C@@H](C)CC[C@@]53O)[C@@]2(O)[C@@]41C. The van der Waals surface area contributed by atoms with Crippen molar-refractivity contribution in [3.63, 3.8) is 0 Å². The van der Waals surface area contributed by atoms with Gasteiger partial charge in [-0.2, -0.15) is 0 Å². The molecule has 10 nitrogen and oxygen atoms in total. The normalized spacial score (nSPS) is 58.4. The monoisotopic (exact) mass is 505 g/mol. The Morgan fingerprint density at radius 1 is 1.19 bits per heavy atom. The molecule has 3 heterocycles. The van der Waals surface area contributed by atoms with Crippen LogP contribution in [0.15, 0.2) is 24.5 Å². The van der Waals surface area contributed by atoms with Crippen molar-refractivity contribution in [1.82, 2.24) is 4.98 Å². The van der Waals surface area contributed by atoms with Crippen LogP contribution in [0.5, 0.6) is 0 Å². The van der Waals surface area contributed by atoms with Crippen LogP contribution in [0, 0.1) is 22.7 Å². The molecule has 198 valence electrons. The van der Waals surface area contributed by atoms with E-state index in [0.717, 1.165) is 0 Å². The average Bonchev–Trinajstić information content (AvgIpc) is 3.06. The van der Waals surface area contributed by atoms with Crippen molar-refractivity contribution in [3.05, 3.63) is 30.1 Å². The van der Waals surface area contributed by atoms with Crippen molar-refractivity contribution in [1.29, 1.82) is 0 Å². The fraction of sp³-hybridized carbons (Fsp3) is 0.769. The second kappa shape index (κ2) is 6.31. The maximum absolute atomic E-state index is 13.3. The van der Waals surface area contributed by atoms with Crippen molar-refractivity contribution < 1.29 is 44.9 Å². The molecule has 11 atom stereocenters. The van der Waals surface area contributed by atoms with Crippen molar-refractivity contribution in [2.45, 2.75) is 99.9 Å². The molecule has 2 aliphatic heterocycles. The van der Waals surface area contributed by atoms with Gasteiger partial charge in [-0.25, -0.2) is 4.79 Å². The van der Waals surface area contributed by atoms with Gasteiger partial charge in [-0.15, -0.1) is 0 Å². The second-order valence-corrected chi connectivity index (χ2v) is 12.6. The highest BCUT2D eigenvalue weighted by molar-refractivity contribution is 5.89. The lowest BCUT2D eigenvalue weighted by molar-refractivity contribution is -0.390. The number of ether oxygens (including phenoxy) is 2. The summed E-state index contributed by atoms with van der Waals surface area (Å²) in [4.78, 5) is 17.2. The van der Waals surface area contributed by atoms with Crippen LogP contribution in [-0.2, 0) is 9.47 Å². The first-order valence-electron chi connectivity index (χ1n) is 12.6. The molecule has 6 N–H and O–H groups in total. The molecule has 0 radical (unpaired) electrons. The van der Waals surface area contributed by atoms with E-state index in [-0.39, 0.29) is 18.4 Å². The fourth-order valence-corrected chi connectivity index (χ4v) is 9.59. The highest BCUT2D eigenvalue weighted by Crippen LogP contribution is 2.90. The van der Waals surface area contributed by atoms with Crippen LogP contribution >= 0.6 is 0 Å². The Hall–Kier alpha value is -1.66.